The summed E-state index contributed by atoms with van der Waals surface area (Å²) in [5.74, 6) is -1.04. The Labute approximate surface area is 112 Å². The van der Waals surface area contributed by atoms with Crippen LogP contribution in [0.3, 0.4) is 0 Å². The van der Waals surface area contributed by atoms with Crippen molar-refractivity contribution in [3.8, 4) is 6.07 Å². The molecule has 19 heavy (non-hydrogen) atoms. The van der Waals surface area contributed by atoms with E-state index in [-0.39, 0.29) is 30.2 Å². The minimum absolute atomic E-state index is 0.0501. The number of Topliss-reactive ketones (excluding diaryl/α,β-unsaturated/α-hetero) is 1. The molecule has 1 aromatic rings. The summed E-state index contributed by atoms with van der Waals surface area (Å²) in [6.45, 7) is 1.97. The molecule has 0 N–H and O–H groups in total. The highest BCUT2D eigenvalue weighted by atomic mass is 32.2. The first-order chi connectivity index (χ1) is 8.95. The molecule has 0 bridgehead atoms. The molecule has 5 nitrogen and oxygen atoms in total. The van der Waals surface area contributed by atoms with Crippen LogP contribution in [0.25, 0.3) is 0 Å². The summed E-state index contributed by atoms with van der Waals surface area (Å²) in [7, 11) is -3.62. The summed E-state index contributed by atoms with van der Waals surface area (Å²) in [6.07, 6.45) is 0.101. The average molecular weight is 278 g/mol. The van der Waals surface area contributed by atoms with Gasteiger partial charge in [0.15, 0.2) is 5.78 Å². The number of sulfonamides is 1. The van der Waals surface area contributed by atoms with Crippen LogP contribution < -0.4 is 0 Å². The van der Waals surface area contributed by atoms with Gasteiger partial charge in [0.25, 0.3) is 0 Å². The van der Waals surface area contributed by atoms with Gasteiger partial charge < -0.3 is 0 Å². The predicted molar refractivity (Wildman–Crippen MR) is 68.7 cm³/mol. The molecule has 1 aliphatic rings. The number of nitrogens with zero attached hydrogens (tertiary/aromatic N) is 2. The summed E-state index contributed by atoms with van der Waals surface area (Å²) < 4.78 is 26.0. The van der Waals surface area contributed by atoms with Crippen LogP contribution in [-0.2, 0) is 14.8 Å². The van der Waals surface area contributed by atoms with E-state index in [1.165, 1.54) is 4.31 Å². The zero-order chi connectivity index (χ0) is 14.0. The first kappa shape index (κ1) is 13.7. The number of rotatable bonds is 2. The second kappa shape index (κ2) is 5.11. The monoisotopic (exact) mass is 278 g/mol. The molecule has 6 heteroatoms. The van der Waals surface area contributed by atoms with Crippen LogP contribution in [0.15, 0.2) is 29.2 Å². The summed E-state index contributed by atoms with van der Waals surface area (Å²) in [6, 6.07) is 8.40. The molecule has 1 aromatic carbocycles. The molecule has 2 rings (SSSR count). The lowest BCUT2D eigenvalue weighted by Gasteiger charge is -2.27. The Kier molecular flexibility index (Phi) is 3.69. The number of benzene rings is 1. The molecule has 1 heterocycles. The molecule has 1 saturated heterocycles. The van der Waals surface area contributed by atoms with Gasteiger partial charge in [-0.05, 0) is 19.1 Å². The van der Waals surface area contributed by atoms with Crippen LogP contribution >= 0.6 is 0 Å². The summed E-state index contributed by atoms with van der Waals surface area (Å²) >= 11 is 0. The summed E-state index contributed by atoms with van der Waals surface area (Å²) in [5, 5.41) is 8.86. The minimum Gasteiger partial charge on any atom is -0.298 e. The van der Waals surface area contributed by atoms with Crippen LogP contribution in [0.1, 0.15) is 12.0 Å². The Balaban J connectivity index is 2.28. The van der Waals surface area contributed by atoms with Crippen molar-refractivity contribution >= 4 is 15.8 Å². The van der Waals surface area contributed by atoms with Crippen molar-refractivity contribution in [3.63, 3.8) is 0 Å². The van der Waals surface area contributed by atoms with Crippen LogP contribution in [0, 0.1) is 24.2 Å². The molecule has 100 valence electrons. The Morgan fingerprint density at radius 2 is 1.95 bits per heavy atom. The van der Waals surface area contributed by atoms with Crippen molar-refractivity contribution in [1.29, 1.82) is 5.26 Å². The van der Waals surface area contributed by atoms with E-state index >= 15 is 0 Å². The van der Waals surface area contributed by atoms with Gasteiger partial charge in [-0.3, -0.25) is 4.79 Å². The molecule has 0 saturated carbocycles. The van der Waals surface area contributed by atoms with Gasteiger partial charge >= 0.3 is 0 Å². The van der Waals surface area contributed by atoms with E-state index in [4.69, 9.17) is 5.26 Å². The minimum atomic E-state index is -3.62. The van der Waals surface area contributed by atoms with Gasteiger partial charge in [0.05, 0.1) is 11.0 Å². The lowest BCUT2D eigenvalue weighted by molar-refractivity contribution is -0.123. The van der Waals surface area contributed by atoms with Crippen molar-refractivity contribution in [2.75, 3.05) is 13.1 Å². The Morgan fingerprint density at radius 1 is 1.32 bits per heavy atom. The van der Waals surface area contributed by atoms with E-state index in [2.05, 4.69) is 0 Å². The number of carbonyl (C=O) groups excluding carboxylic acids is 1. The number of piperidine rings is 1. The third-order valence-corrected chi connectivity index (χ3v) is 5.08. The first-order valence-electron chi connectivity index (χ1n) is 5.94. The number of nitriles is 1. The van der Waals surface area contributed by atoms with Gasteiger partial charge in [-0.2, -0.15) is 9.57 Å². The van der Waals surface area contributed by atoms with E-state index < -0.39 is 15.9 Å². The van der Waals surface area contributed by atoms with Gasteiger partial charge in [-0.25, -0.2) is 8.42 Å². The molecule has 0 radical (unpaired) electrons. The SMILES string of the molecule is Cc1ccc(S(=O)(=O)N2CCC(=O)C(C#N)C2)cc1. The normalized spacial score (nSPS) is 21.1. The molecule has 1 unspecified atom stereocenters. The first-order valence-corrected chi connectivity index (χ1v) is 7.38. The van der Waals surface area contributed by atoms with Crippen LogP contribution in [0.5, 0.6) is 0 Å². The second-order valence-corrected chi connectivity index (χ2v) is 6.51. The number of hydrogen-bond donors (Lipinski definition) is 0. The number of aryl methyl sites for hydroxylation is 1. The Hall–Kier alpha value is -1.71. The molecule has 1 fully saturated rings. The Morgan fingerprint density at radius 3 is 2.53 bits per heavy atom. The lowest BCUT2D eigenvalue weighted by Crippen LogP contribution is -2.43. The van der Waals surface area contributed by atoms with E-state index in [9.17, 15) is 13.2 Å². The van der Waals surface area contributed by atoms with Crippen molar-refractivity contribution in [3.05, 3.63) is 29.8 Å². The highest BCUT2D eigenvalue weighted by molar-refractivity contribution is 7.89. The summed E-state index contributed by atoms with van der Waals surface area (Å²) in [4.78, 5) is 11.6. The lowest BCUT2D eigenvalue weighted by atomic mass is 10.00. The molecule has 0 aromatic heterocycles. The highest BCUT2D eigenvalue weighted by Crippen LogP contribution is 2.21. The zero-order valence-electron chi connectivity index (χ0n) is 10.5. The summed E-state index contributed by atoms with van der Waals surface area (Å²) in [5.41, 5.74) is 0.975. The smallest absolute Gasteiger partial charge is 0.243 e. The van der Waals surface area contributed by atoms with Crippen LogP contribution in [0.2, 0.25) is 0 Å². The van der Waals surface area contributed by atoms with E-state index in [1.54, 1.807) is 24.3 Å². The molecular weight excluding hydrogens is 264 g/mol. The molecule has 1 atom stereocenters. The maximum Gasteiger partial charge on any atom is 0.243 e. The molecule has 1 aliphatic heterocycles. The highest BCUT2D eigenvalue weighted by Gasteiger charge is 2.34. The standard InChI is InChI=1S/C13H14N2O3S/c1-10-2-4-12(5-3-10)19(17,18)15-7-6-13(16)11(8-14)9-15/h2-5,11H,6-7,9H2,1H3. The third-order valence-electron chi connectivity index (χ3n) is 3.20. The number of carbonyl (C=O) groups is 1. The number of ketones is 1. The fourth-order valence-corrected chi connectivity index (χ4v) is 3.45. The maximum absolute atomic E-state index is 12.4. The van der Waals surface area contributed by atoms with Crippen molar-refractivity contribution in [2.45, 2.75) is 18.2 Å². The van der Waals surface area contributed by atoms with Gasteiger partial charge in [-0.1, -0.05) is 17.7 Å². The van der Waals surface area contributed by atoms with Gasteiger partial charge in [0.2, 0.25) is 10.0 Å². The van der Waals surface area contributed by atoms with E-state index in [1.807, 2.05) is 13.0 Å². The van der Waals surface area contributed by atoms with Crippen LogP contribution in [0.4, 0.5) is 0 Å². The fourth-order valence-electron chi connectivity index (χ4n) is 2.00. The van der Waals surface area contributed by atoms with Crippen molar-refractivity contribution in [1.82, 2.24) is 4.31 Å². The topological polar surface area (TPSA) is 78.2 Å². The fraction of sp³-hybridized carbons (Fsp3) is 0.385. The predicted octanol–water partition coefficient (Wildman–Crippen LogP) is 1.10. The quantitative estimate of drug-likeness (QED) is 0.811. The van der Waals surface area contributed by atoms with E-state index in [0.717, 1.165) is 5.56 Å². The third kappa shape index (κ3) is 2.67. The number of hydrogen-bond acceptors (Lipinski definition) is 4. The van der Waals surface area contributed by atoms with Crippen molar-refractivity contribution < 1.29 is 13.2 Å². The van der Waals surface area contributed by atoms with Gasteiger partial charge in [-0.15, -0.1) is 0 Å². The molecule has 0 aliphatic carbocycles. The Bertz CT molecular complexity index is 629. The van der Waals surface area contributed by atoms with Gasteiger partial charge in [0, 0.05) is 19.5 Å². The zero-order valence-corrected chi connectivity index (χ0v) is 11.4. The molecular formula is C13H14N2O3S. The maximum atomic E-state index is 12.4. The average Bonchev–Trinajstić information content (AvgIpc) is 2.39. The molecule has 0 spiro atoms. The van der Waals surface area contributed by atoms with Crippen LogP contribution in [-0.4, -0.2) is 31.6 Å². The van der Waals surface area contributed by atoms with Gasteiger partial charge in [0.1, 0.15) is 5.92 Å². The van der Waals surface area contributed by atoms with Crippen molar-refractivity contribution in [2.24, 2.45) is 5.92 Å². The molecule has 0 amide bonds. The van der Waals surface area contributed by atoms with E-state index in [0.29, 0.717) is 0 Å². The second-order valence-electron chi connectivity index (χ2n) is 4.57. The largest absolute Gasteiger partial charge is 0.298 e.